The van der Waals surface area contributed by atoms with Crippen molar-refractivity contribution in [3.8, 4) is 0 Å². The Bertz CT molecular complexity index is 741. The second-order valence-electron chi connectivity index (χ2n) is 10.5. The minimum absolute atomic E-state index is 0.0450. The highest BCUT2D eigenvalue weighted by Gasteiger charge is 2.93. The zero-order chi connectivity index (χ0) is 17.3. The number of aliphatic hydroxyl groups is 4. The van der Waals surface area contributed by atoms with Gasteiger partial charge in [-0.1, -0.05) is 19.9 Å². The lowest BCUT2D eigenvalue weighted by molar-refractivity contribution is -0.260. The van der Waals surface area contributed by atoms with Gasteiger partial charge in [0.25, 0.3) is 0 Å². The minimum Gasteiger partial charge on any atom is -0.392 e. The highest BCUT2D eigenvalue weighted by atomic mass is 16.3. The predicted octanol–water partition coefficient (Wildman–Crippen LogP) is 0.0824. The van der Waals surface area contributed by atoms with Crippen LogP contribution in [0.15, 0.2) is 12.2 Å². The van der Waals surface area contributed by atoms with Gasteiger partial charge in [-0.25, -0.2) is 0 Å². The minimum atomic E-state index is -0.712. The molecule has 9 fully saturated rings. The fourth-order valence-corrected chi connectivity index (χ4v) is 10.5. The van der Waals surface area contributed by atoms with Crippen molar-refractivity contribution in [3.05, 3.63) is 12.2 Å². The van der Waals surface area contributed by atoms with E-state index < -0.39 is 30.0 Å². The Morgan fingerprint density at radius 3 is 2.64 bits per heavy atom. The van der Waals surface area contributed by atoms with E-state index in [1.807, 2.05) is 0 Å². The molecule has 9 bridgehead atoms. The second kappa shape index (κ2) is 3.61. The maximum Gasteiger partial charge on any atom is 0.113 e. The van der Waals surface area contributed by atoms with Crippen LogP contribution in [-0.4, -0.2) is 61.9 Å². The van der Waals surface area contributed by atoms with Crippen LogP contribution in [0.25, 0.3) is 0 Å². The first-order valence-corrected chi connectivity index (χ1v) is 10.0. The standard InChI is InChI=1S/C20H27NO4/c1-7-8-6-9-14-19-5-3-4-18(2)12(19)10(21(14)17(18)25)16(24)20(9,15(7)23)13(19)11(8)22/h8-17,22-25H,1,3-6H2,2H3. The van der Waals surface area contributed by atoms with E-state index in [1.54, 1.807) is 0 Å². The molecule has 3 aliphatic heterocycles. The van der Waals surface area contributed by atoms with Gasteiger partial charge in [0.05, 0.1) is 18.3 Å². The molecule has 0 amide bonds. The van der Waals surface area contributed by atoms with Gasteiger partial charge in [0.2, 0.25) is 0 Å². The van der Waals surface area contributed by atoms with Gasteiger partial charge in [-0.3, -0.25) is 4.90 Å². The Morgan fingerprint density at radius 2 is 1.88 bits per heavy atom. The van der Waals surface area contributed by atoms with Crippen LogP contribution in [0.1, 0.15) is 32.6 Å². The first-order chi connectivity index (χ1) is 11.8. The average Bonchev–Trinajstić information content (AvgIpc) is 3.03. The summed E-state index contributed by atoms with van der Waals surface area (Å²) < 4.78 is 0. The molecule has 5 nitrogen and oxygen atoms in total. The van der Waals surface area contributed by atoms with Crippen molar-refractivity contribution in [1.29, 1.82) is 0 Å². The number of hydrogen-bond donors (Lipinski definition) is 4. The lowest BCUT2D eigenvalue weighted by atomic mass is 9.38. The summed E-state index contributed by atoms with van der Waals surface area (Å²) in [4.78, 5) is 2.24. The Morgan fingerprint density at radius 1 is 1.12 bits per heavy atom. The van der Waals surface area contributed by atoms with E-state index in [0.717, 1.165) is 31.3 Å². The monoisotopic (exact) mass is 345 g/mol. The van der Waals surface area contributed by atoms with Gasteiger partial charge in [-0.05, 0) is 42.1 Å². The Balaban J connectivity index is 1.57. The Labute approximate surface area is 147 Å². The van der Waals surface area contributed by atoms with Gasteiger partial charge in [0.15, 0.2) is 0 Å². The van der Waals surface area contributed by atoms with Crippen molar-refractivity contribution in [2.24, 2.45) is 39.9 Å². The molecular weight excluding hydrogens is 318 g/mol. The van der Waals surface area contributed by atoms with Gasteiger partial charge in [-0.2, -0.15) is 0 Å². The van der Waals surface area contributed by atoms with Gasteiger partial charge in [-0.15, -0.1) is 0 Å². The summed E-state index contributed by atoms with van der Waals surface area (Å²) in [5, 5.41) is 45.4. The molecule has 3 heterocycles. The highest BCUT2D eigenvalue weighted by molar-refractivity contribution is 5.46. The molecule has 6 aliphatic carbocycles. The van der Waals surface area contributed by atoms with Gasteiger partial charge < -0.3 is 20.4 Å². The topological polar surface area (TPSA) is 84.2 Å². The lowest BCUT2D eigenvalue weighted by Crippen LogP contribution is -2.74. The number of fused-ring (bicyclic) bond motifs is 1. The van der Waals surface area contributed by atoms with Crippen LogP contribution in [0.4, 0.5) is 0 Å². The SMILES string of the molecule is C=C1C2CC3C4N5C6C7C(C)(CCCC47C(C2O)C3(C1O)C6O)C5O. The molecule has 14 unspecified atom stereocenters. The van der Waals surface area contributed by atoms with Crippen LogP contribution in [0.2, 0.25) is 0 Å². The third-order valence-electron chi connectivity index (χ3n) is 10.6. The zero-order valence-corrected chi connectivity index (χ0v) is 14.5. The van der Waals surface area contributed by atoms with Crippen molar-refractivity contribution in [3.63, 3.8) is 0 Å². The van der Waals surface area contributed by atoms with Crippen LogP contribution in [-0.2, 0) is 0 Å². The molecule has 0 aromatic rings. The molecule has 5 heteroatoms. The molecule has 0 aromatic carbocycles. The third-order valence-corrected chi connectivity index (χ3v) is 10.6. The van der Waals surface area contributed by atoms with Crippen LogP contribution in [0.5, 0.6) is 0 Å². The number of aliphatic hydroxyl groups excluding tert-OH is 4. The van der Waals surface area contributed by atoms with Crippen LogP contribution >= 0.6 is 0 Å². The van der Waals surface area contributed by atoms with Crippen molar-refractivity contribution in [1.82, 2.24) is 4.90 Å². The van der Waals surface area contributed by atoms with Crippen LogP contribution in [0.3, 0.4) is 0 Å². The predicted molar refractivity (Wildman–Crippen MR) is 88.0 cm³/mol. The molecule has 9 aliphatic rings. The first-order valence-electron chi connectivity index (χ1n) is 10.0. The maximum atomic E-state index is 11.6. The molecule has 9 rings (SSSR count). The summed E-state index contributed by atoms with van der Waals surface area (Å²) in [6.07, 6.45) is 1.53. The van der Waals surface area contributed by atoms with Gasteiger partial charge in [0.1, 0.15) is 6.23 Å². The molecule has 14 atom stereocenters. The summed E-state index contributed by atoms with van der Waals surface area (Å²) in [6, 6.07) is 0.142. The Kier molecular flexibility index (Phi) is 2.11. The van der Waals surface area contributed by atoms with Gasteiger partial charge >= 0.3 is 0 Å². The third kappa shape index (κ3) is 0.981. The van der Waals surface area contributed by atoms with Crippen molar-refractivity contribution >= 4 is 0 Å². The summed E-state index contributed by atoms with van der Waals surface area (Å²) in [6.45, 7) is 6.31. The summed E-state index contributed by atoms with van der Waals surface area (Å²) in [5.74, 6) is 0.294. The van der Waals surface area contributed by atoms with E-state index in [2.05, 4.69) is 18.4 Å². The number of rotatable bonds is 0. The fraction of sp³-hybridized carbons (Fsp3) is 0.900. The largest absolute Gasteiger partial charge is 0.392 e. The fourth-order valence-electron chi connectivity index (χ4n) is 10.5. The van der Waals surface area contributed by atoms with E-state index in [1.165, 1.54) is 0 Å². The molecule has 0 aromatic heterocycles. The van der Waals surface area contributed by atoms with E-state index in [4.69, 9.17) is 0 Å². The summed E-state index contributed by atoms with van der Waals surface area (Å²) in [5.41, 5.74) is -0.147. The van der Waals surface area contributed by atoms with E-state index in [0.29, 0.717) is 0 Å². The van der Waals surface area contributed by atoms with E-state index >= 15 is 0 Å². The van der Waals surface area contributed by atoms with Gasteiger partial charge in [0, 0.05) is 34.7 Å². The zero-order valence-electron chi connectivity index (χ0n) is 14.5. The molecule has 3 saturated heterocycles. The second-order valence-corrected chi connectivity index (χ2v) is 10.5. The normalized spacial score (nSPS) is 76.5. The van der Waals surface area contributed by atoms with E-state index in [-0.39, 0.29) is 46.6 Å². The van der Waals surface area contributed by atoms with Crippen molar-refractivity contribution in [2.75, 3.05) is 0 Å². The van der Waals surface area contributed by atoms with Crippen LogP contribution < -0.4 is 0 Å². The van der Waals surface area contributed by atoms with Crippen LogP contribution in [0, 0.1) is 39.9 Å². The molecule has 136 valence electrons. The molecule has 0 radical (unpaired) electrons. The molecule has 4 N–H and O–H groups in total. The maximum absolute atomic E-state index is 11.6. The highest BCUT2D eigenvalue weighted by Crippen LogP contribution is 2.87. The first kappa shape index (κ1) is 14.6. The number of piperidine rings is 2. The quantitative estimate of drug-likeness (QED) is 0.468. The summed E-state index contributed by atoms with van der Waals surface area (Å²) in [7, 11) is 0. The van der Waals surface area contributed by atoms with E-state index in [9.17, 15) is 20.4 Å². The average molecular weight is 345 g/mol. The summed E-state index contributed by atoms with van der Waals surface area (Å²) >= 11 is 0. The molecule has 6 saturated carbocycles. The molecule has 25 heavy (non-hydrogen) atoms. The van der Waals surface area contributed by atoms with Crippen molar-refractivity contribution < 1.29 is 20.4 Å². The smallest absolute Gasteiger partial charge is 0.113 e. The number of nitrogens with zero attached hydrogens (tertiary/aromatic N) is 1. The molecular formula is C20H27NO4. The number of hydrogen-bond acceptors (Lipinski definition) is 5. The van der Waals surface area contributed by atoms with Crippen molar-refractivity contribution in [2.45, 2.75) is 69.2 Å². The molecule has 2 spiro atoms. The Hall–Kier alpha value is -0.460. The lowest BCUT2D eigenvalue weighted by Gasteiger charge is -2.67.